The van der Waals surface area contributed by atoms with Gasteiger partial charge in [-0.3, -0.25) is 4.79 Å². The minimum Gasteiger partial charge on any atom is -0.350 e. The van der Waals surface area contributed by atoms with E-state index in [0.717, 1.165) is 0 Å². The van der Waals surface area contributed by atoms with E-state index in [1.807, 2.05) is 0 Å². The molecule has 0 bridgehead atoms. The van der Waals surface area contributed by atoms with Crippen LogP contribution in [0.15, 0.2) is 54.6 Å². The quantitative estimate of drug-likeness (QED) is 0.695. The largest absolute Gasteiger partial charge is 0.350 e. The number of nitrogens with one attached hydrogen (secondary N) is 2. The molecule has 0 spiro atoms. The van der Waals surface area contributed by atoms with Crippen LogP contribution in [0.2, 0.25) is 0 Å². The molecule has 5 nitrogen and oxygen atoms in total. The summed E-state index contributed by atoms with van der Waals surface area (Å²) in [7, 11) is 0. The van der Waals surface area contributed by atoms with Gasteiger partial charge in [-0.05, 0) is 37.1 Å². The summed E-state index contributed by atoms with van der Waals surface area (Å²) in [6, 6.07) is 14.0. The van der Waals surface area contributed by atoms with Crippen LogP contribution in [0.3, 0.4) is 0 Å². The molecule has 1 aromatic heterocycles. The van der Waals surface area contributed by atoms with Crippen LogP contribution >= 0.6 is 0 Å². The third-order valence-electron chi connectivity index (χ3n) is 3.84. The number of amides is 1. The van der Waals surface area contributed by atoms with E-state index in [4.69, 9.17) is 0 Å². The van der Waals surface area contributed by atoms with Crippen molar-refractivity contribution in [2.75, 3.05) is 11.9 Å². The molecule has 0 atom stereocenters. The Morgan fingerprint density at radius 2 is 1.70 bits per heavy atom. The fourth-order valence-corrected chi connectivity index (χ4v) is 2.55. The first-order chi connectivity index (χ1) is 13.0. The molecule has 1 amide bonds. The molecule has 27 heavy (non-hydrogen) atoms. The number of para-hydroxylation sites is 1. The van der Waals surface area contributed by atoms with Gasteiger partial charge in [0.15, 0.2) is 0 Å². The van der Waals surface area contributed by atoms with E-state index in [-0.39, 0.29) is 23.7 Å². The van der Waals surface area contributed by atoms with Crippen molar-refractivity contribution in [1.82, 2.24) is 15.3 Å². The molecule has 3 aromatic rings. The maximum absolute atomic E-state index is 13.8. The lowest BCUT2D eigenvalue weighted by molar-refractivity contribution is 0.0948. The van der Waals surface area contributed by atoms with Crippen LogP contribution in [0.5, 0.6) is 0 Å². The van der Waals surface area contributed by atoms with Crippen molar-refractivity contribution >= 4 is 17.4 Å². The van der Waals surface area contributed by atoms with Crippen LogP contribution in [0.4, 0.5) is 20.3 Å². The Labute approximate surface area is 155 Å². The molecule has 0 aliphatic carbocycles. The first-order valence-corrected chi connectivity index (χ1v) is 8.42. The Morgan fingerprint density at radius 3 is 2.44 bits per heavy atom. The number of hydrogen-bond acceptors (Lipinski definition) is 4. The van der Waals surface area contributed by atoms with Crippen LogP contribution in [0, 0.1) is 18.6 Å². The zero-order chi connectivity index (χ0) is 19.2. The lowest BCUT2D eigenvalue weighted by atomic mass is 10.1. The second kappa shape index (κ2) is 8.35. The maximum Gasteiger partial charge on any atom is 0.270 e. The molecule has 1 heterocycles. The number of nitrogens with zero attached hydrogens (tertiary/aromatic N) is 2. The Morgan fingerprint density at radius 1 is 1.00 bits per heavy atom. The van der Waals surface area contributed by atoms with Gasteiger partial charge in [-0.1, -0.05) is 30.3 Å². The SMILES string of the molecule is Cc1nc(Nc2ccccc2F)cc(C(=O)NCCc2ccccc2F)n1. The molecule has 0 saturated carbocycles. The van der Waals surface area contributed by atoms with Gasteiger partial charge in [0.25, 0.3) is 5.91 Å². The predicted molar refractivity (Wildman–Crippen MR) is 98.9 cm³/mol. The Hall–Kier alpha value is -3.35. The van der Waals surface area contributed by atoms with Gasteiger partial charge in [0.1, 0.15) is 29.0 Å². The van der Waals surface area contributed by atoms with Crippen molar-refractivity contribution in [2.45, 2.75) is 13.3 Å². The first kappa shape index (κ1) is 18.4. The van der Waals surface area contributed by atoms with E-state index in [1.165, 1.54) is 18.2 Å². The van der Waals surface area contributed by atoms with E-state index >= 15 is 0 Å². The molecule has 0 saturated heterocycles. The fraction of sp³-hybridized carbons (Fsp3) is 0.150. The zero-order valence-corrected chi connectivity index (χ0v) is 14.7. The molecule has 0 aliphatic heterocycles. The summed E-state index contributed by atoms with van der Waals surface area (Å²) >= 11 is 0. The Kier molecular flexibility index (Phi) is 5.71. The summed E-state index contributed by atoms with van der Waals surface area (Å²) in [6.07, 6.45) is 0.364. The van der Waals surface area contributed by atoms with Crippen molar-refractivity contribution in [3.8, 4) is 0 Å². The van der Waals surface area contributed by atoms with Crippen LogP contribution in [0.1, 0.15) is 21.9 Å². The summed E-state index contributed by atoms with van der Waals surface area (Å²) in [4.78, 5) is 20.6. The van der Waals surface area contributed by atoms with E-state index in [2.05, 4.69) is 20.6 Å². The standard InChI is InChI=1S/C20H18F2N4O/c1-13-24-18(12-19(25-13)26-17-9-5-4-8-16(17)22)20(27)23-11-10-14-6-2-3-7-15(14)21/h2-9,12H,10-11H2,1H3,(H,23,27)(H,24,25,26). The summed E-state index contributed by atoms with van der Waals surface area (Å²) < 4.78 is 27.4. The lowest BCUT2D eigenvalue weighted by Crippen LogP contribution is -2.27. The predicted octanol–water partition coefficient (Wildman–Crippen LogP) is 3.78. The number of halogens is 2. The third-order valence-corrected chi connectivity index (χ3v) is 3.84. The van der Waals surface area contributed by atoms with Crippen molar-refractivity contribution in [3.63, 3.8) is 0 Å². The molecule has 138 valence electrons. The number of hydrogen-bond donors (Lipinski definition) is 2. The topological polar surface area (TPSA) is 66.9 Å². The average molecular weight is 368 g/mol. The highest BCUT2D eigenvalue weighted by atomic mass is 19.1. The van der Waals surface area contributed by atoms with Gasteiger partial charge in [0, 0.05) is 12.6 Å². The third kappa shape index (κ3) is 4.84. The number of carbonyl (C=O) groups is 1. The highest BCUT2D eigenvalue weighted by molar-refractivity contribution is 5.93. The van der Waals surface area contributed by atoms with Gasteiger partial charge in [0.05, 0.1) is 5.69 Å². The Bertz CT molecular complexity index is 962. The van der Waals surface area contributed by atoms with E-state index in [9.17, 15) is 13.6 Å². The van der Waals surface area contributed by atoms with Crippen molar-refractivity contribution in [2.24, 2.45) is 0 Å². The normalized spacial score (nSPS) is 10.5. The summed E-state index contributed by atoms with van der Waals surface area (Å²) in [5.74, 6) is -0.457. The second-order valence-electron chi connectivity index (χ2n) is 5.89. The molecule has 0 radical (unpaired) electrons. The smallest absolute Gasteiger partial charge is 0.270 e. The van der Waals surface area contributed by atoms with Crippen LogP contribution in [0.25, 0.3) is 0 Å². The van der Waals surface area contributed by atoms with Crippen molar-refractivity contribution < 1.29 is 13.6 Å². The molecule has 7 heteroatoms. The van der Waals surface area contributed by atoms with Gasteiger partial charge >= 0.3 is 0 Å². The highest BCUT2D eigenvalue weighted by Crippen LogP contribution is 2.18. The van der Waals surface area contributed by atoms with Crippen LogP contribution in [-0.2, 0) is 6.42 Å². The summed E-state index contributed by atoms with van der Waals surface area (Å²) in [5.41, 5.74) is 0.926. The van der Waals surface area contributed by atoms with Gasteiger partial charge in [-0.15, -0.1) is 0 Å². The minimum absolute atomic E-state index is 0.148. The van der Waals surface area contributed by atoms with Crippen LogP contribution < -0.4 is 10.6 Å². The van der Waals surface area contributed by atoms with Gasteiger partial charge in [-0.2, -0.15) is 0 Å². The second-order valence-corrected chi connectivity index (χ2v) is 5.89. The lowest BCUT2D eigenvalue weighted by Gasteiger charge is -2.10. The van der Waals surface area contributed by atoms with Crippen molar-refractivity contribution in [1.29, 1.82) is 0 Å². The molecule has 3 rings (SSSR count). The number of aromatic nitrogens is 2. The molecule has 0 aliphatic rings. The van der Waals surface area contributed by atoms with E-state index < -0.39 is 11.7 Å². The monoisotopic (exact) mass is 368 g/mol. The Balaban J connectivity index is 1.67. The molecule has 0 fully saturated rings. The van der Waals surface area contributed by atoms with Gasteiger partial charge in [-0.25, -0.2) is 18.7 Å². The number of aryl methyl sites for hydroxylation is 1. The minimum atomic E-state index is -0.426. The average Bonchev–Trinajstić information content (AvgIpc) is 2.64. The molecule has 2 aromatic carbocycles. The molecular weight excluding hydrogens is 350 g/mol. The molecular formula is C20H18F2N4O. The van der Waals surface area contributed by atoms with E-state index in [1.54, 1.807) is 43.3 Å². The van der Waals surface area contributed by atoms with E-state index in [0.29, 0.717) is 23.6 Å². The molecule has 2 N–H and O–H groups in total. The summed E-state index contributed by atoms with van der Waals surface area (Å²) in [5, 5.41) is 5.55. The van der Waals surface area contributed by atoms with Crippen LogP contribution in [-0.4, -0.2) is 22.4 Å². The summed E-state index contributed by atoms with van der Waals surface area (Å²) in [6.45, 7) is 1.90. The van der Waals surface area contributed by atoms with Gasteiger partial charge < -0.3 is 10.6 Å². The van der Waals surface area contributed by atoms with Crippen molar-refractivity contribution in [3.05, 3.63) is 83.3 Å². The van der Waals surface area contributed by atoms with Gasteiger partial charge in [0.2, 0.25) is 0 Å². The number of anilines is 2. The fourth-order valence-electron chi connectivity index (χ4n) is 2.55. The zero-order valence-electron chi connectivity index (χ0n) is 14.7. The molecule has 0 unspecified atom stereocenters. The number of benzene rings is 2. The number of carbonyl (C=O) groups excluding carboxylic acids is 1. The number of rotatable bonds is 6. The first-order valence-electron chi connectivity index (χ1n) is 8.42. The maximum atomic E-state index is 13.8. The highest BCUT2D eigenvalue weighted by Gasteiger charge is 2.12.